The van der Waals surface area contributed by atoms with Crippen molar-refractivity contribution in [3.8, 4) is 0 Å². The van der Waals surface area contributed by atoms with Crippen molar-refractivity contribution in [2.45, 2.75) is 12.5 Å². The van der Waals surface area contributed by atoms with Crippen LogP contribution < -0.4 is 5.32 Å². The number of hydrogen-bond donors (Lipinski definition) is 1. The van der Waals surface area contributed by atoms with Crippen LogP contribution in [-0.4, -0.2) is 19.7 Å². The molecule has 1 saturated heterocycles. The van der Waals surface area contributed by atoms with Gasteiger partial charge < -0.3 is 10.1 Å². The van der Waals surface area contributed by atoms with E-state index in [1.807, 2.05) is 6.07 Å². The van der Waals surface area contributed by atoms with E-state index in [0.29, 0.717) is 0 Å². The lowest BCUT2D eigenvalue weighted by Crippen LogP contribution is -2.19. The highest BCUT2D eigenvalue weighted by Gasteiger charge is 2.19. The minimum atomic E-state index is 0.0498. The molecule has 5 heteroatoms. The summed E-state index contributed by atoms with van der Waals surface area (Å²) in [7, 11) is 0. The van der Waals surface area contributed by atoms with Crippen LogP contribution >= 0.6 is 34.5 Å². The SMILES string of the molecule is Clc1cc(C2CNCCCO2)c(Cl)s1. The molecule has 2 rings (SSSR count). The van der Waals surface area contributed by atoms with Crippen molar-refractivity contribution in [3.05, 3.63) is 20.3 Å². The minimum Gasteiger partial charge on any atom is -0.372 e. The third kappa shape index (κ3) is 2.41. The van der Waals surface area contributed by atoms with Crippen LogP contribution in [0.15, 0.2) is 6.07 Å². The second-order valence-corrected chi connectivity index (χ2v) is 5.48. The zero-order chi connectivity index (χ0) is 9.97. The van der Waals surface area contributed by atoms with Crippen LogP contribution in [0, 0.1) is 0 Å². The third-order valence-corrected chi connectivity index (χ3v) is 3.69. The molecule has 0 amide bonds. The number of halogens is 2. The summed E-state index contributed by atoms with van der Waals surface area (Å²) in [6.45, 7) is 2.60. The van der Waals surface area contributed by atoms with Crippen LogP contribution in [0.2, 0.25) is 8.67 Å². The Bertz CT molecular complexity index is 308. The van der Waals surface area contributed by atoms with Gasteiger partial charge in [-0.2, -0.15) is 0 Å². The number of ether oxygens (including phenoxy) is 1. The Kier molecular flexibility index (Phi) is 3.68. The molecule has 1 aromatic rings. The van der Waals surface area contributed by atoms with E-state index in [1.165, 1.54) is 11.3 Å². The fourth-order valence-corrected chi connectivity index (χ4v) is 3.05. The van der Waals surface area contributed by atoms with Gasteiger partial charge in [0, 0.05) is 18.7 Å². The number of thiophene rings is 1. The first kappa shape index (κ1) is 10.7. The van der Waals surface area contributed by atoms with Crippen LogP contribution in [0.25, 0.3) is 0 Å². The largest absolute Gasteiger partial charge is 0.372 e. The molecule has 1 N–H and O–H groups in total. The number of rotatable bonds is 1. The maximum absolute atomic E-state index is 6.06. The molecular formula is C9H11Cl2NOS. The summed E-state index contributed by atoms with van der Waals surface area (Å²) in [6, 6.07) is 1.90. The maximum atomic E-state index is 6.06. The Morgan fingerprint density at radius 3 is 3.07 bits per heavy atom. The Morgan fingerprint density at radius 1 is 1.50 bits per heavy atom. The molecule has 0 saturated carbocycles. The van der Waals surface area contributed by atoms with Crippen LogP contribution in [0.4, 0.5) is 0 Å². The highest BCUT2D eigenvalue weighted by atomic mass is 35.5. The predicted molar refractivity (Wildman–Crippen MR) is 60.5 cm³/mol. The molecular weight excluding hydrogens is 241 g/mol. The van der Waals surface area contributed by atoms with Crippen molar-refractivity contribution in [1.82, 2.24) is 5.32 Å². The Morgan fingerprint density at radius 2 is 2.36 bits per heavy atom. The monoisotopic (exact) mass is 251 g/mol. The van der Waals surface area contributed by atoms with Crippen molar-refractivity contribution >= 4 is 34.5 Å². The van der Waals surface area contributed by atoms with Crippen LogP contribution in [0.5, 0.6) is 0 Å². The minimum absolute atomic E-state index is 0.0498. The van der Waals surface area contributed by atoms with E-state index >= 15 is 0 Å². The molecule has 0 aliphatic carbocycles. The molecule has 1 aliphatic rings. The van der Waals surface area contributed by atoms with Crippen LogP contribution in [0.3, 0.4) is 0 Å². The summed E-state index contributed by atoms with van der Waals surface area (Å²) in [6.07, 6.45) is 1.10. The summed E-state index contributed by atoms with van der Waals surface area (Å²) < 4.78 is 7.14. The Labute approximate surface area is 97.2 Å². The fraction of sp³-hybridized carbons (Fsp3) is 0.556. The van der Waals surface area contributed by atoms with Gasteiger partial charge in [0.05, 0.1) is 10.4 Å². The van der Waals surface area contributed by atoms with E-state index in [2.05, 4.69) is 5.32 Å². The van der Waals surface area contributed by atoms with Gasteiger partial charge in [0.1, 0.15) is 4.34 Å². The summed E-state index contributed by atoms with van der Waals surface area (Å²) in [5.74, 6) is 0. The molecule has 1 fully saturated rings. The van der Waals surface area contributed by atoms with Gasteiger partial charge in [0.15, 0.2) is 0 Å². The van der Waals surface area contributed by atoms with E-state index in [4.69, 9.17) is 27.9 Å². The second-order valence-electron chi connectivity index (χ2n) is 3.20. The van der Waals surface area contributed by atoms with E-state index in [0.717, 1.165) is 40.4 Å². The summed E-state index contributed by atoms with van der Waals surface area (Å²) in [5.41, 5.74) is 1.01. The molecule has 0 spiro atoms. The van der Waals surface area contributed by atoms with Gasteiger partial charge in [0.2, 0.25) is 0 Å². The van der Waals surface area contributed by atoms with Gasteiger partial charge in [-0.25, -0.2) is 0 Å². The van der Waals surface area contributed by atoms with E-state index in [-0.39, 0.29) is 6.10 Å². The average molecular weight is 252 g/mol. The normalized spacial score (nSPS) is 23.4. The number of nitrogens with one attached hydrogen (secondary N) is 1. The van der Waals surface area contributed by atoms with Gasteiger partial charge >= 0.3 is 0 Å². The second kappa shape index (κ2) is 4.81. The summed E-state index contributed by atoms with van der Waals surface area (Å²) in [5, 5.41) is 3.31. The molecule has 14 heavy (non-hydrogen) atoms. The van der Waals surface area contributed by atoms with E-state index in [9.17, 15) is 0 Å². The predicted octanol–water partition coefficient (Wildman–Crippen LogP) is 3.11. The summed E-state index contributed by atoms with van der Waals surface area (Å²) >= 11 is 13.3. The molecule has 0 aromatic carbocycles. The first-order valence-electron chi connectivity index (χ1n) is 4.54. The van der Waals surface area contributed by atoms with E-state index in [1.54, 1.807) is 0 Å². The van der Waals surface area contributed by atoms with Crippen molar-refractivity contribution in [2.24, 2.45) is 0 Å². The molecule has 2 nitrogen and oxygen atoms in total. The smallest absolute Gasteiger partial charge is 0.100 e. The van der Waals surface area contributed by atoms with Crippen molar-refractivity contribution in [2.75, 3.05) is 19.7 Å². The lowest BCUT2D eigenvalue weighted by molar-refractivity contribution is 0.0672. The van der Waals surface area contributed by atoms with Crippen molar-refractivity contribution in [1.29, 1.82) is 0 Å². The molecule has 2 heterocycles. The molecule has 1 atom stereocenters. The highest BCUT2D eigenvalue weighted by molar-refractivity contribution is 7.20. The molecule has 78 valence electrons. The molecule has 0 bridgehead atoms. The van der Waals surface area contributed by atoms with Gasteiger partial charge in [-0.05, 0) is 19.0 Å². The Hall–Kier alpha value is 0.200. The zero-order valence-corrected chi connectivity index (χ0v) is 9.88. The van der Waals surface area contributed by atoms with Crippen molar-refractivity contribution in [3.63, 3.8) is 0 Å². The van der Waals surface area contributed by atoms with E-state index < -0.39 is 0 Å². The van der Waals surface area contributed by atoms with Gasteiger partial charge in [0.25, 0.3) is 0 Å². The van der Waals surface area contributed by atoms with Crippen molar-refractivity contribution < 1.29 is 4.74 Å². The van der Waals surface area contributed by atoms with Crippen LogP contribution in [0.1, 0.15) is 18.1 Å². The first-order valence-corrected chi connectivity index (χ1v) is 6.11. The molecule has 1 aliphatic heterocycles. The quantitative estimate of drug-likeness (QED) is 0.829. The lowest BCUT2D eigenvalue weighted by atomic mass is 10.2. The van der Waals surface area contributed by atoms with Crippen LogP contribution in [-0.2, 0) is 4.74 Å². The topological polar surface area (TPSA) is 21.3 Å². The fourth-order valence-electron chi connectivity index (χ4n) is 1.49. The molecule has 1 unspecified atom stereocenters. The number of hydrogen-bond acceptors (Lipinski definition) is 3. The first-order chi connectivity index (χ1) is 6.77. The zero-order valence-electron chi connectivity index (χ0n) is 7.56. The summed E-state index contributed by atoms with van der Waals surface area (Å²) in [4.78, 5) is 0. The highest BCUT2D eigenvalue weighted by Crippen LogP contribution is 2.36. The maximum Gasteiger partial charge on any atom is 0.100 e. The third-order valence-electron chi connectivity index (χ3n) is 2.18. The Balaban J connectivity index is 2.15. The van der Waals surface area contributed by atoms with Gasteiger partial charge in [-0.3, -0.25) is 0 Å². The average Bonchev–Trinajstić information content (AvgIpc) is 2.43. The molecule has 0 radical (unpaired) electrons. The molecule has 1 aromatic heterocycles. The van der Waals surface area contributed by atoms with Gasteiger partial charge in [-0.15, -0.1) is 11.3 Å². The standard InChI is InChI=1S/C9H11Cl2NOS/c10-8-4-6(9(11)14-8)7-5-12-2-1-3-13-7/h4,7,12H,1-3,5H2. The van der Waals surface area contributed by atoms with Gasteiger partial charge in [-0.1, -0.05) is 23.2 Å². The lowest BCUT2D eigenvalue weighted by Gasteiger charge is -2.13.